The smallest absolute Gasteiger partial charge is 0.320 e. The molecule has 0 aromatic heterocycles. The van der Waals surface area contributed by atoms with Gasteiger partial charge in [-0.3, -0.25) is 9.59 Å². The van der Waals surface area contributed by atoms with Crippen molar-refractivity contribution in [2.24, 2.45) is 10.9 Å². The molecule has 1 aliphatic heterocycles. The molecule has 0 aliphatic carbocycles. The van der Waals surface area contributed by atoms with Crippen LogP contribution in [-0.4, -0.2) is 23.2 Å². The second-order valence-corrected chi connectivity index (χ2v) is 2.51. The van der Waals surface area contributed by atoms with Crippen molar-refractivity contribution < 1.29 is 14.7 Å². The lowest BCUT2D eigenvalue weighted by Gasteiger charge is -2.08. The van der Waals surface area contributed by atoms with Gasteiger partial charge in [0.2, 0.25) is 0 Å². The number of aliphatic carboxylic acids is 1. The van der Waals surface area contributed by atoms with Crippen LogP contribution in [0.2, 0.25) is 0 Å². The normalized spacial score (nSPS) is 22.2. The molecule has 0 aromatic carbocycles. The van der Waals surface area contributed by atoms with Crippen molar-refractivity contribution in [2.45, 2.75) is 13.3 Å². The number of aliphatic imine (C=N–C) groups is 1. The van der Waals surface area contributed by atoms with E-state index in [-0.39, 0.29) is 0 Å². The van der Waals surface area contributed by atoms with Crippen LogP contribution in [0.1, 0.15) is 13.3 Å². The maximum absolute atomic E-state index is 10.9. The minimum atomic E-state index is -1.14. The maximum Gasteiger partial charge on any atom is 0.320 e. The highest BCUT2D eigenvalue weighted by atomic mass is 16.4. The minimum absolute atomic E-state index is 0.597. The molecule has 0 spiro atoms. The molecule has 12 heavy (non-hydrogen) atoms. The van der Waals surface area contributed by atoms with Gasteiger partial charge in [-0.2, -0.15) is 0 Å². The highest BCUT2D eigenvalue weighted by Gasteiger charge is 2.25. The number of carbonyl (C=O) groups is 2. The van der Waals surface area contributed by atoms with Crippen molar-refractivity contribution in [2.75, 3.05) is 0 Å². The van der Waals surface area contributed by atoms with Gasteiger partial charge >= 0.3 is 5.97 Å². The summed E-state index contributed by atoms with van der Waals surface area (Å²) in [5.74, 6) is -2.81. The highest BCUT2D eigenvalue weighted by Crippen LogP contribution is 2.12. The second-order valence-electron chi connectivity index (χ2n) is 2.51. The van der Waals surface area contributed by atoms with Gasteiger partial charge in [-0.1, -0.05) is 13.0 Å². The van der Waals surface area contributed by atoms with Crippen LogP contribution in [0.15, 0.2) is 16.6 Å². The molecule has 1 rings (SSSR count). The summed E-state index contributed by atoms with van der Waals surface area (Å²) in [5, 5.41) is 8.58. The Bertz CT molecular complexity index is 278. The van der Waals surface area contributed by atoms with Gasteiger partial charge in [-0.25, -0.2) is 4.99 Å². The highest BCUT2D eigenvalue weighted by molar-refractivity contribution is 6.06. The van der Waals surface area contributed by atoms with Gasteiger partial charge in [0, 0.05) is 6.21 Å². The number of hydrogen-bond donors (Lipinski definition) is 1. The fourth-order valence-electron chi connectivity index (χ4n) is 0.941. The summed E-state index contributed by atoms with van der Waals surface area (Å²) >= 11 is 0. The van der Waals surface area contributed by atoms with Crippen LogP contribution in [0.25, 0.3) is 0 Å². The van der Waals surface area contributed by atoms with Crippen molar-refractivity contribution in [3.05, 3.63) is 11.6 Å². The minimum Gasteiger partial charge on any atom is -0.480 e. The molecular formula is C8H9NO3. The first-order valence-corrected chi connectivity index (χ1v) is 3.66. The van der Waals surface area contributed by atoms with E-state index in [1.807, 2.05) is 6.92 Å². The molecule has 4 nitrogen and oxygen atoms in total. The summed E-state index contributed by atoms with van der Waals surface area (Å²) in [5.41, 5.74) is 0.794. The van der Waals surface area contributed by atoms with E-state index in [1.54, 1.807) is 0 Å². The topological polar surface area (TPSA) is 66.7 Å². The third-order valence-electron chi connectivity index (χ3n) is 1.68. The third kappa shape index (κ3) is 1.58. The van der Waals surface area contributed by atoms with Crippen LogP contribution in [0.4, 0.5) is 0 Å². The molecule has 0 aromatic rings. The monoisotopic (exact) mass is 167 g/mol. The van der Waals surface area contributed by atoms with Gasteiger partial charge in [0.1, 0.15) is 0 Å². The van der Waals surface area contributed by atoms with Gasteiger partial charge in [-0.05, 0) is 12.0 Å². The Morgan fingerprint density at radius 3 is 2.92 bits per heavy atom. The summed E-state index contributed by atoms with van der Waals surface area (Å²) in [6, 6.07) is 0. The van der Waals surface area contributed by atoms with Crippen LogP contribution in [-0.2, 0) is 9.59 Å². The van der Waals surface area contributed by atoms with Crippen LogP contribution in [0.3, 0.4) is 0 Å². The molecule has 0 saturated heterocycles. The Morgan fingerprint density at radius 2 is 2.42 bits per heavy atom. The molecule has 1 atom stereocenters. The molecule has 1 aliphatic rings. The van der Waals surface area contributed by atoms with Gasteiger partial charge in [0.05, 0.1) is 0 Å². The third-order valence-corrected chi connectivity index (χ3v) is 1.68. The first-order chi connectivity index (χ1) is 5.65. The zero-order valence-corrected chi connectivity index (χ0v) is 6.65. The predicted molar refractivity (Wildman–Crippen MR) is 43.0 cm³/mol. The summed E-state index contributed by atoms with van der Waals surface area (Å²) in [6.07, 6.45) is 3.56. The van der Waals surface area contributed by atoms with E-state index in [0.717, 1.165) is 5.57 Å². The molecule has 64 valence electrons. The van der Waals surface area contributed by atoms with Crippen LogP contribution in [0.5, 0.6) is 0 Å². The number of allylic oxidation sites excluding steroid dienone is 1. The predicted octanol–water partition coefficient (Wildman–Crippen LogP) is 0.635. The van der Waals surface area contributed by atoms with E-state index < -0.39 is 17.8 Å². The number of amides is 1. The van der Waals surface area contributed by atoms with Gasteiger partial charge in [0.15, 0.2) is 5.92 Å². The van der Waals surface area contributed by atoms with Gasteiger partial charge in [0.25, 0.3) is 5.91 Å². The lowest BCUT2D eigenvalue weighted by Crippen LogP contribution is -2.23. The van der Waals surface area contributed by atoms with Gasteiger partial charge < -0.3 is 5.11 Å². The Morgan fingerprint density at radius 1 is 1.75 bits per heavy atom. The summed E-state index contributed by atoms with van der Waals surface area (Å²) in [7, 11) is 0. The molecule has 4 heteroatoms. The summed E-state index contributed by atoms with van der Waals surface area (Å²) in [6.45, 7) is 1.88. The largest absolute Gasteiger partial charge is 0.480 e. The lowest BCUT2D eigenvalue weighted by atomic mass is 10.0. The van der Waals surface area contributed by atoms with Crippen molar-refractivity contribution in [1.82, 2.24) is 0 Å². The number of carbonyl (C=O) groups excluding carboxylic acids is 1. The van der Waals surface area contributed by atoms with Crippen molar-refractivity contribution in [1.29, 1.82) is 0 Å². The lowest BCUT2D eigenvalue weighted by molar-refractivity contribution is -0.143. The number of rotatable bonds is 2. The van der Waals surface area contributed by atoms with E-state index in [4.69, 9.17) is 5.11 Å². The molecule has 1 heterocycles. The average molecular weight is 167 g/mol. The Hall–Kier alpha value is -1.45. The van der Waals surface area contributed by atoms with Crippen LogP contribution in [0, 0.1) is 5.92 Å². The maximum atomic E-state index is 10.9. The molecule has 0 fully saturated rings. The number of hydrogen-bond acceptors (Lipinski definition) is 2. The summed E-state index contributed by atoms with van der Waals surface area (Å²) in [4.78, 5) is 24.8. The standard InChI is InChI=1S/C8H9NO3/c1-2-5-3-6(8(11)12)7(10)9-4-5/h3-4,6H,2H2,1H3,(H,11,12). The number of dihydropyridines is 1. The molecule has 1 unspecified atom stereocenters. The molecule has 1 N–H and O–H groups in total. The first-order valence-electron chi connectivity index (χ1n) is 3.66. The molecule has 1 amide bonds. The van der Waals surface area contributed by atoms with Crippen molar-refractivity contribution in [3.63, 3.8) is 0 Å². The van der Waals surface area contributed by atoms with E-state index in [0.29, 0.717) is 6.42 Å². The Labute approximate surface area is 69.6 Å². The van der Waals surface area contributed by atoms with E-state index in [9.17, 15) is 9.59 Å². The van der Waals surface area contributed by atoms with Crippen molar-refractivity contribution >= 4 is 18.1 Å². The number of carboxylic acid groups (broad SMARTS) is 1. The van der Waals surface area contributed by atoms with Crippen LogP contribution < -0.4 is 0 Å². The van der Waals surface area contributed by atoms with E-state index in [1.165, 1.54) is 12.3 Å². The molecule has 0 bridgehead atoms. The average Bonchev–Trinajstić information content (AvgIpc) is 2.05. The van der Waals surface area contributed by atoms with Crippen molar-refractivity contribution in [3.8, 4) is 0 Å². The zero-order chi connectivity index (χ0) is 9.14. The molecular weight excluding hydrogens is 158 g/mol. The van der Waals surface area contributed by atoms with Gasteiger partial charge in [-0.15, -0.1) is 0 Å². The molecule has 0 saturated carbocycles. The zero-order valence-electron chi connectivity index (χ0n) is 6.65. The van der Waals surface area contributed by atoms with Crippen LogP contribution >= 0.6 is 0 Å². The second kappa shape index (κ2) is 3.30. The number of carboxylic acids is 1. The summed E-state index contributed by atoms with van der Waals surface area (Å²) < 4.78 is 0. The SMILES string of the molecule is CCC1=CC(C(=O)O)C(=O)N=C1. The Kier molecular flexibility index (Phi) is 2.38. The quantitative estimate of drug-likeness (QED) is 0.613. The number of nitrogens with zero attached hydrogens (tertiary/aromatic N) is 1. The van der Waals surface area contributed by atoms with E-state index >= 15 is 0 Å². The van der Waals surface area contributed by atoms with E-state index in [2.05, 4.69) is 4.99 Å². The fraction of sp³-hybridized carbons (Fsp3) is 0.375. The fourth-order valence-corrected chi connectivity index (χ4v) is 0.941. The molecule has 0 radical (unpaired) electrons. The Balaban J connectivity index is 2.88. The first kappa shape index (κ1) is 8.64.